The van der Waals surface area contributed by atoms with E-state index in [-0.39, 0.29) is 11.8 Å². The molecule has 144 valence electrons. The number of benzene rings is 1. The summed E-state index contributed by atoms with van der Waals surface area (Å²) in [6, 6.07) is 11.9. The summed E-state index contributed by atoms with van der Waals surface area (Å²) in [5.41, 5.74) is 3.44. The van der Waals surface area contributed by atoms with Crippen molar-refractivity contribution < 1.29 is 9.53 Å². The average molecular weight is 394 g/mol. The Balaban J connectivity index is 1.32. The second-order valence-electron chi connectivity index (χ2n) is 6.95. The minimum atomic E-state index is 0.0362. The van der Waals surface area contributed by atoms with E-state index in [0.29, 0.717) is 6.54 Å². The second kappa shape index (κ2) is 8.52. The molecular formula is C22H23N3O2S. The van der Waals surface area contributed by atoms with Crippen LogP contribution in [0.5, 0.6) is 5.75 Å². The number of nitrogens with one attached hydrogen (secondary N) is 1. The third-order valence-electron chi connectivity index (χ3n) is 5.11. The van der Waals surface area contributed by atoms with Crippen molar-refractivity contribution in [2.75, 3.05) is 13.7 Å². The van der Waals surface area contributed by atoms with Crippen LogP contribution >= 0.6 is 11.3 Å². The number of carbonyl (C=O) groups excluding carboxylic acids is 1. The number of hydrogen-bond donors (Lipinski definition) is 1. The number of aromatic nitrogens is 2. The van der Waals surface area contributed by atoms with Crippen molar-refractivity contribution >= 4 is 17.2 Å². The molecule has 1 aliphatic rings. The van der Waals surface area contributed by atoms with Crippen molar-refractivity contribution in [1.29, 1.82) is 0 Å². The van der Waals surface area contributed by atoms with Crippen molar-refractivity contribution in [3.63, 3.8) is 0 Å². The lowest BCUT2D eigenvalue weighted by atomic mass is 9.90. The van der Waals surface area contributed by atoms with Gasteiger partial charge in [-0.05, 0) is 55.5 Å². The zero-order valence-corrected chi connectivity index (χ0v) is 16.7. The van der Waals surface area contributed by atoms with Gasteiger partial charge in [0.2, 0.25) is 5.91 Å². The number of ether oxygens (including phenoxy) is 1. The van der Waals surface area contributed by atoms with Gasteiger partial charge in [-0.2, -0.15) is 0 Å². The van der Waals surface area contributed by atoms with Gasteiger partial charge in [-0.25, -0.2) is 4.98 Å². The zero-order valence-electron chi connectivity index (χ0n) is 15.9. The Kier molecular flexibility index (Phi) is 5.67. The van der Waals surface area contributed by atoms with Crippen LogP contribution in [0.1, 0.15) is 22.6 Å². The maximum absolute atomic E-state index is 12.6. The van der Waals surface area contributed by atoms with Gasteiger partial charge in [0, 0.05) is 35.3 Å². The molecule has 1 aromatic carbocycles. The van der Waals surface area contributed by atoms with Gasteiger partial charge in [0.15, 0.2) is 0 Å². The first kappa shape index (κ1) is 18.6. The fourth-order valence-corrected chi connectivity index (χ4v) is 4.68. The number of rotatable bonds is 6. The third-order valence-corrected chi connectivity index (χ3v) is 6.28. The van der Waals surface area contributed by atoms with Crippen LogP contribution in [-0.4, -0.2) is 29.5 Å². The summed E-state index contributed by atoms with van der Waals surface area (Å²) in [7, 11) is 1.66. The van der Waals surface area contributed by atoms with Crippen LogP contribution in [0.15, 0.2) is 48.8 Å². The van der Waals surface area contributed by atoms with Crippen molar-refractivity contribution in [1.82, 2.24) is 15.3 Å². The lowest BCUT2D eigenvalue weighted by molar-refractivity contribution is -0.125. The zero-order chi connectivity index (χ0) is 19.3. The van der Waals surface area contributed by atoms with Crippen LogP contribution in [0, 0.1) is 5.92 Å². The Hall–Kier alpha value is -2.73. The summed E-state index contributed by atoms with van der Waals surface area (Å²) >= 11 is 1.70. The molecule has 1 unspecified atom stereocenters. The molecule has 0 saturated carbocycles. The highest BCUT2D eigenvalue weighted by atomic mass is 32.1. The van der Waals surface area contributed by atoms with Gasteiger partial charge >= 0.3 is 0 Å². The van der Waals surface area contributed by atoms with Gasteiger partial charge in [0.05, 0.1) is 12.8 Å². The number of thiazole rings is 1. The summed E-state index contributed by atoms with van der Waals surface area (Å²) in [6.45, 7) is 0.652. The van der Waals surface area contributed by atoms with E-state index < -0.39 is 0 Å². The predicted molar refractivity (Wildman–Crippen MR) is 111 cm³/mol. The Labute approximate surface area is 168 Å². The smallest absolute Gasteiger partial charge is 0.223 e. The summed E-state index contributed by atoms with van der Waals surface area (Å²) in [4.78, 5) is 22.7. The predicted octanol–water partition coefficient (Wildman–Crippen LogP) is 3.68. The van der Waals surface area contributed by atoms with Crippen LogP contribution in [0.3, 0.4) is 0 Å². The highest BCUT2D eigenvalue weighted by molar-refractivity contribution is 7.15. The Morgan fingerprint density at radius 3 is 2.75 bits per heavy atom. The normalized spacial score (nSPS) is 15.7. The lowest BCUT2D eigenvalue weighted by Crippen LogP contribution is -2.35. The summed E-state index contributed by atoms with van der Waals surface area (Å²) in [6.07, 6.45) is 6.91. The van der Waals surface area contributed by atoms with Crippen LogP contribution in [0.25, 0.3) is 10.6 Å². The first-order valence-electron chi connectivity index (χ1n) is 9.52. The van der Waals surface area contributed by atoms with Crippen LogP contribution in [0.2, 0.25) is 0 Å². The first-order valence-corrected chi connectivity index (χ1v) is 10.3. The topological polar surface area (TPSA) is 64.1 Å². The summed E-state index contributed by atoms with van der Waals surface area (Å²) in [5.74, 6) is 1.04. The van der Waals surface area contributed by atoms with Crippen molar-refractivity contribution in [2.45, 2.75) is 25.7 Å². The van der Waals surface area contributed by atoms with Gasteiger partial charge in [0.25, 0.3) is 0 Å². The van der Waals surface area contributed by atoms with Gasteiger partial charge < -0.3 is 10.1 Å². The molecule has 28 heavy (non-hydrogen) atoms. The largest absolute Gasteiger partial charge is 0.497 e. The average Bonchev–Trinajstić information content (AvgIpc) is 3.18. The highest BCUT2D eigenvalue weighted by Crippen LogP contribution is 2.34. The summed E-state index contributed by atoms with van der Waals surface area (Å²) in [5, 5.41) is 4.13. The number of pyridine rings is 1. The molecule has 0 bridgehead atoms. The maximum Gasteiger partial charge on any atom is 0.223 e. The number of carbonyl (C=O) groups is 1. The number of nitrogens with zero attached hydrogens (tertiary/aromatic N) is 2. The molecule has 0 radical (unpaired) electrons. The van der Waals surface area contributed by atoms with Crippen LogP contribution < -0.4 is 10.1 Å². The molecule has 4 rings (SSSR count). The number of methoxy groups -OCH3 is 1. The minimum Gasteiger partial charge on any atom is -0.497 e. The SMILES string of the molecule is COc1ccc(CCNC(=O)C2CCc3nc(-c4ccncc4)sc3C2)cc1. The van der Waals surface area contributed by atoms with Gasteiger partial charge in [-0.1, -0.05) is 12.1 Å². The van der Waals surface area contributed by atoms with E-state index in [1.54, 1.807) is 30.8 Å². The molecule has 0 fully saturated rings. The quantitative estimate of drug-likeness (QED) is 0.694. The molecule has 0 spiro atoms. The lowest BCUT2D eigenvalue weighted by Gasteiger charge is -2.20. The second-order valence-corrected chi connectivity index (χ2v) is 8.04. The van der Waals surface area contributed by atoms with Crippen molar-refractivity contribution in [3.8, 4) is 16.3 Å². The highest BCUT2D eigenvalue weighted by Gasteiger charge is 2.27. The van der Waals surface area contributed by atoms with Crippen LogP contribution in [-0.2, 0) is 24.1 Å². The molecule has 6 heteroatoms. The number of aryl methyl sites for hydroxylation is 1. The van der Waals surface area contributed by atoms with Crippen molar-refractivity contribution in [3.05, 3.63) is 64.9 Å². The number of amides is 1. The molecule has 0 saturated heterocycles. The van der Waals surface area contributed by atoms with Crippen LogP contribution in [0.4, 0.5) is 0 Å². The van der Waals surface area contributed by atoms with E-state index in [9.17, 15) is 4.79 Å². The van der Waals surface area contributed by atoms with E-state index in [0.717, 1.165) is 47.7 Å². The standard InChI is InChI=1S/C22H23N3O2S/c1-27-18-5-2-15(3-6-18)8-13-24-21(26)17-4-7-19-20(14-17)28-22(25-19)16-9-11-23-12-10-16/h2-3,5-6,9-12,17H,4,7-8,13-14H2,1H3,(H,24,26). The maximum atomic E-state index is 12.6. The fraction of sp³-hybridized carbons (Fsp3) is 0.318. The Bertz CT molecular complexity index is 938. The van der Waals surface area contributed by atoms with E-state index in [2.05, 4.69) is 10.3 Å². The molecular weight excluding hydrogens is 370 g/mol. The van der Waals surface area contributed by atoms with Crippen molar-refractivity contribution in [2.24, 2.45) is 5.92 Å². The molecule has 0 aliphatic heterocycles. The number of hydrogen-bond acceptors (Lipinski definition) is 5. The number of fused-ring (bicyclic) bond motifs is 1. The molecule has 1 amide bonds. The molecule has 2 aromatic heterocycles. The molecule has 1 atom stereocenters. The monoisotopic (exact) mass is 393 g/mol. The van der Waals surface area contributed by atoms with Gasteiger partial charge in [-0.15, -0.1) is 11.3 Å². The molecule has 3 aromatic rings. The molecule has 5 nitrogen and oxygen atoms in total. The molecule has 1 aliphatic carbocycles. The van der Waals surface area contributed by atoms with E-state index in [1.807, 2.05) is 36.4 Å². The van der Waals surface area contributed by atoms with E-state index in [1.165, 1.54) is 10.4 Å². The van der Waals surface area contributed by atoms with E-state index >= 15 is 0 Å². The Morgan fingerprint density at radius 1 is 1.21 bits per heavy atom. The Morgan fingerprint density at radius 2 is 2.00 bits per heavy atom. The minimum absolute atomic E-state index is 0.0362. The molecule has 2 heterocycles. The van der Waals surface area contributed by atoms with Gasteiger partial charge in [-0.3, -0.25) is 9.78 Å². The summed E-state index contributed by atoms with van der Waals surface area (Å²) < 4.78 is 5.17. The van der Waals surface area contributed by atoms with Gasteiger partial charge in [0.1, 0.15) is 10.8 Å². The van der Waals surface area contributed by atoms with E-state index in [4.69, 9.17) is 9.72 Å². The molecule has 1 N–H and O–H groups in total. The third kappa shape index (κ3) is 4.22. The fourth-order valence-electron chi connectivity index (χ4n) is 3.48. The first-order chi connectivity index (χ1) is 13.7.